The van der Waals surface area contributed by atoms with Gasteiger partial charge < -0.3 is 20.7 Å². The summed E-state index contributed by atoms with van der Waals surface area (Å²) in [6.45, 7) is 5.04. The number of rotatable bonds is 7. The third-order valence-electron chi connectivity index (χ3n) is 6.84. The number of carbonyl (C=O) groups is 2. The number of hydrogen-bond acceptors (Lipinski definition) is 7. The Morgan fingerprint density at radius 3 is 2.77 bits per heavy atom. The second-order valence-corrected chi connectivity index (χ2v) is 9.26. The van der Waals surface area contributed by atoms with Crippen molar-refractivity contribution in [3.8, 4) is 17.0 Å². The molecular weight excluding hydrogens is 501 g/mol. The number of likely N-dealkylation sites (tertiary alicyclic amines) is 1. The highest BCUT2D eigenvalue weighted by Gasteiger charge is 2.28. The molecule has 200 valence electrons. The van der Waals surface area contributed by atoms with Crippen LogP contribution in [0.5, 0.6) is 5.75 Å². The summed E-state index contributed by atoms with van der Waals surface area (Å²) in [4.78, 5) is 35.3. The predicted octanol–water partition coefficient (Wildman–Crippen LogP) is 3.50. The first-order valence-electron chi connectivity index (χ1n) is 12.5. The van der Waals surface area contributed by atoms with Gasteiger partial charge in [-0.2, -0.15) is 5.10 Å². The minimum Gasteiger partial charge on any atom is -0.496 e. The van der Waals surface area contributed by atoms with Crippen LogP contribution in [0.3, 0.4) is 0 Å². The number of halogens is 1. The maximum atomic E-state index is 13.5. The van der Waals surface area contributed by atoms with Gasteiger partial charge in [0, 0.05) is 31.3 Å². The third kappa shape index (κ3) is 5.15. The number of nitrogen functional groups attached to an aromatic ring is 1. The largest absolute Gasteiger partial charge is 0.496 e. The Balaban J connectivity index is 1.38. The highest BCUT2D eigenvalue weighted by Crippen LogP contribution is 2.34. The number of nitrogens with two attached hydrogens (primary N) is 1. The molecule has 10 nitrogen and oxygen atoms in total. The minimum absolute atomic E-state index is 0.0638. The lowest BCUT2D eigenvalue weighted by atomic mass is 10.1. The van der Waals surface area contributed by atoms with Gasteiger partial charge in [-0.25, -0.2) is 19.0 Å². The lowest BCUT2D eigenvalue weighted by Gasteiger charge is -2.32. The molecule has 1 aliphatic rings. The van der Waals surface area contributed by atoms with Gasteiger partial charge in [0.2, 0.25) is 5.91 Å². The van der Waals surface area contributed by atoms with Crippen LogP contribution >= 0.6 is 0 Å². The van der Waals surface area contributed by atoms with E-state index in [4.69, 9.17) is 15.6 Å². The molecule has 5 rings (SSSR count). The Labute approximate surface area is 224 Å². The van der Waals surface area contributed by atoms with Crippen LogP contribution in [0.4, 0.5) is 10.2 Å². The number of nitrogens with one attached hydrogen (secondary N) is 1. The summed E-state index contributed by atoms with van der Waals surface area (Å²) >= 11 is 0. The second kappa shape index (κ2) is 10.9. The van der Waals surface area contributed by atoms with Crippen molar-refractivity contribution in [3.05, 3.63) is 78.4 Å². The highest BCUT2D eigenvalue weighted by molar-refractivity contribution is 5.98. The zero-order valence-electron chi connectivity index (χ0n) is 21.4. The van der Waals surface area contributed by atoms with Crippen molar-refractivity contribution in [2.24, 2.45) is 0 Å². The summed E-state index contributed by atoms with van der Waals surface area (Å²) in [7, 11) is 1.39. The Kier molecular flexibility index (Phi) is 7.22. The predicted molar refractivity (Wildman–Crippen MR) is 144 cm³/mol. The van der Waals surface area contributed by atoms with Crippen molar-refractivity contribution in [3.63, 3.8) is 0 Å². The van der Waals surface area contributed by atoms with E-state index in [9.17, 15) is 14.0 Å². The quantitative estimate of drug-likeness (QED) is 0.351. The fourth-order valence-corrected chi connectivity index (χ4v) is 4.85. The molecule has 1 fully saturated rings. The van der Waals surface area contributed by atoms with Gasteiger partial charge in [-0.1, -0.05) is 30.8 Å². The second-order valence-electron chi connectivity index (χ2n) is 9.26. The summed E-state index contributed by atoms with van der Waals surface area (Å²) in [5.74, 6) is -0.472. The number of carbonyl (C=O) groups excluding carboxylic acids is 2. The van der Waals surface area contributed by atoms with Gasteiger partial charge >= 0.3 is 0 Å². The van der Waals surface area contributed by atoms with E-state index >= 15 is 0 Å². The molecule has 1 saturated heterocycles. The topological polar surface area (TPSA) is 128 Å². The summed E-state index contributed by atoms with van der Waals surface area (Å²) in [5.41, 5.74) is 9.44. The summed E-state index contributed by atoms with van der Waals surface area (Å²) in [5, 5.41) is 8.37. The first-order chi connectivity index (χ1) is 18.9. The maximum absolute atomic E-state index is 13.5. The van der Waals surface area contributed by atoms with Crippen LogP contribution in [0.25, 0.3) is 22.3 Å². The summed E-state index contributed by atoms with van der Waals surface area (Å²) in [6.07, 6.45) is 4.43. The number of ether oxygens (including phenoxy) is 1. The molecule has 0 aliphatic carbocycles. The molecule has 0 spiro atoms. The van der Waals surface area contributed by atoms with E-state index < -0.39 is 5.82 Å². The van der Waals surface area contributed by atoms with Crippen molar-refractivity contribution in [2.45, 2.75) is 25.4 Å². The number of hydrogen-bond donors (Lipinski definition) is 2. The van der Waals surface area contributed by atoms with Crippen LogP contribution in [-0.2, 0) is 11.3 Å². The zero-order chi connectivity index (χ0) is 27.5. The molecule has 1 aliphatic heterocycles. The summed E-state index contributed by atoms with van der Waals surface area (Å²) in [6, 6.07) is 11.3. The number of methoxy groups -OCH3 is 1. The molecular formula is C28H28FN7O3. The molecule has 3 N–H and O–H groups in total. The number of anilines is 1. The van der Waals surface area contributed by atoms with Gasteiger partial charge in [-0.05, 0) is 36.6 Å². The molecule has 0 saturated carbocycles. The lowest BCUT2D eigenvalue weighted by molar-refractivity contribution is -0.127. The standard InChI is InChI=1S/C28H28FN7O3/c1-3-23(37)35-12-4-5-20(15-35)36-27-24(26(30)32-16-33-27)25(34-36)18-8-6-17(7-9-18)14-31-28(38)21-11-10-19(29)13-22(21)39-2/h3,6-11,13,16,20H,1,4-5,12,14-15H2,2H3,(H,31,38)(H2,30,32,33)/t20-/m1/s1. The number of benzene rings is 2. The number of aromatic nitrogens is 4. The van der Waals surface area contributed by atoms with Gasteiger partial charge in [0.05, 0.1) is 24.1 Å². The normalized spacial score (nSPS) is 15.2. The Bertz CT molecular complexity index is 1550. The molecule has 4 aromatic rings. The van der Waals surface area contributed by atoms with Crippen LogP contribution in [0.15, 0.2) is 61.4 Å². The van der Waals surface area contributed by atoms with E-state index in [2.05, 4.69) is 21.9 Å². The number of piperidine rings is 1. The molecule has 0 unspecified atom stereocenters. The fraction of sp³-hybridized carbons (Fsp3) is 0.250. The zero-order valence-corrected chi connectivity index (χ0v) is 21.4. The minimum atomic E-state index is -0.481. The lowest BCUT2D eigenvalue weighted by Crippen LogP contribution is -2.40. The molecule has 2 aromatic carbocycles. The van der Waals surface area contributed by atoms with Crippen molar-refractivity contribution < 1.29 is 18.7 Å². The van der Waals surface area contributed by atoms with Crippen LogP contribution < -0.4 is 15.8 Å². The Hall–Kier alpha value is -4.80. The number of amides is 2. The molecule has 39 heavy (non-hydrogen) atoms. The van der Waals surface area contributed by atoms with Crippen molar-refractivity contribution >= 4 is 28.7 Å². The van der Waals surface area contributed by atoms with Crippen molar-refractivity contribution in [1.82, 2.24) is 30.0 Å². The van der Waals surface area contributed by atoms with E-state index in [-0.39, 0.29) is 35.7 Å². The highest BCUT2D eigenvalue weighted by atomic mass is 19.1. The third-order valence-corrected chi connectivity index (χ3v) is 6.84. The van der Waals surface area contributed by atoms with E-state index in [1.807, 2.05) is 28.9 Å². The van der Waals surface area contributed by atoms with Crippen LogP contribution in [0, 0.1) is 5.82 Å². The van der Waals surface area contributed by atoms with Crippen LogP contribution in [-0.4, -0.2) is 56.7 Å². The summed E-state index contributed by atoms with van der Waals surface area (Å²) < 4.78 is 20.4. The van der Waals surface area contributed by atoms with Crippen LogP contribution in [0.1, 0.15) is 34.8 Å². The molecule has 0 bridgehead atoms. The number of fused-ring (bicyclic) bond motifs is 1. The number of nitrogens with zero attached hydrogens (tertiary/aromatic N) is 5. The Morgan fingerprint density at radius 1 is 1.23 bits per heavy atom. The van der Waals surface area contributed by atoms with Gasteiger partial charge in [0.1, 0.15) is 29.4 Å². The monoisotopic (exact) mass is 529 g/mol. The van der Waals surface area contributed by atoms with E-state index in [0.717, 1.165) is 24.0 Å². The molecule has 1 atom stereocenters. The molecule has 0 radical (unpaired) electrons. The average Bonchev–Trinajstić information content (AvgIpc) is 3.36. The van der Waals surface area contributed by atoms with Crippen LogP contribution in [0.2, 0.25) is 0 Å². The van der Waals surface area contributed by atoms with Crippen molar-refractivity contribution in [1.29, 1.82) is 0 Å². The van der Waals surface area contributed by atoms with E-state index in [1.54, 1.807) is 4.90 Å². The van der Waals surface area contributed by atoms with Gasteiger partial charge in [0.15, 0.2) is 5.65 Å². The first-order valence-corrected chi connectivity index (χ1v) is 12.5. The average molecular weight is 530 g/mol. The molecule has 2 aromatic heterocycles. The van der Waals surface area contributed by atoms with Gasteiger partial charge in [0.25, 0.3) is 5.91 Å². The molecule has 3 heterocycles. The molecule has 11 heteroatoms. The van der Waals surface area contributed by atoms with E-state index in [1.165, 1.54) is 37.7 Å². The maximum Gasteiger partial charge on any atom is 0.255 e. The van der Waals surface area contributed by atoms with Gasteiger partial charge in [-0.15, -0.1) is 0 Å². The first kappa shape index (κ1) is 25.8. The smallest absolute Gasteiger partial charge is 0.255 e. The Morgan fingerprint density at radius 2 is 2.03 bits per heavy atom. The van der Waals surface area contributed by atoms with Gasteiger partial charge in [-0.3, -0.25) is 9.59 Å². The molecule has 2 amide bonds. The fourth-order valence-electron chi connectivity index (χ4n) is 4.85. The van der Waals surface area contributed by atoms with E-state index in [0.29, 0.717) is 35.6 Å². The van der Waals surface area contributed by atoms with Crippen molar-refractivity contribution in [2.75, 3.05) is 25.9 Å². The SMILES string of the molecule is C=CC(=O)N1CCC[C@@H](n2nc(-c3ccc(CNC(=O)c4ccc(F)cc4OC)cc3)c3c(N)ncnc32)C1.